The van der Waals surface area contributed by atoms with Crippen LogP contribution >= 0.6 is 0 Å². The van der Waals surface area contributed by atoms with Crippen LogP contribution in [-0.4, -0.2) is 30.3 Å². The highest BCUT2D eigenvalue weighted by atomic mass is 16.5. The maximum Gasteiger partial charge on any atom is 0.222 e. The van der Waals surface area contributed by atoms with Gasteiger partial charge in [-0.05, 0) is 30.5 Å². The lowest BCUT2D eigenvalue weighted by Crippen LogP contribution is -2.26. The van der Waals surface area contributed by atoms with Gasteiger partial charge in [0.2, 0.25) is 5.91 Å². The molecule has 0 spiro atoms. The minimum absolute atomic E-state index is 0.0174. The minimum atomic E-state index is -0.150. The van der Waals surface area contributed by atoms with Crippen LogP contribution in [-0.2, 0) is 16.1 Å². The van der Waals surface area contributed by atoms with Crippen LogP contribution in [0.25, 0.3) is 0 Å². The first-order chi connectivity index (χ1) is 9.78. The van der Waals surface area contributed by atoms with Crippen molar-refractivity contribution in [2.24, 2.45) is 0 Å². The summed E-state index contributed by atoms with van der Waals surface area (Å²) in [6.07, 6.45) is 2.53. The van der Waals surface area contributed by atoms with Gasteiger partial charge in [-0.3, -0.25) is 4.79 Å². The fourth-order valence-corrected chi connectivity index (χ4v) is 2.19. The Morgan fingerprint density at radius 3 is 3.15 bits per heavy atom. The van der Waals surface area contributed by atoms with Gasteiger partial charge in [0.05, 0.1) is 12.5 Å². The molecule has 1 heterocycles. The number of aliphatic hydroxyl groups excluding tert-OH is 1. The number of carbonyl (C=O) groups excluding carboxylic acids is 1. The Kier molecular flexibility index (Phi) is 5.60. The predicted octanol–water partition coefficient (Wildman–Crippen LogP) is 1.22. The third-order valence-electron chi connectivity index (χ3n) is 3.17. The highest BCUT2D eigenvalue weighted by Gasteiger charge is 2.18. The molecular weight excluding hydrogens is 254 g/mol. The van der Waals surface area contributed by atoms with Crippen LogP contribution in [0.3, 0.4) is 0 Å². The van der Waals surface area contributed by atoms with Crippen molar-refractivity contribution in [3.8, 4) is 11.8 Å². The first-order valence-electron chi connectivity index (χ1n) is 6.85. The molecular formula is C16H19NO3. The van der Waals surface area contributed by atoms with Gasteiger partial charge in [0, 0.05) is 18.7 Å². The quantitative estimate of drug-likeness (QED) is 0.811. The fourth-order valence-electron chi connectivity index (χ4n) is 2.19. The molecule has 1 aliphatic heterocycles. The standard InChI is InChI=1S/C16H19NO3/c18-8-2-6-13-4-1-5-14(10-13)12-17-16(19)11-15-7-3-9-20-15/h1,4-5,10,15,18H,3,7-9,11-12H2,(H,17,19). The number of benzene rings is 1. The van der Waals surface area contributed by atoms with Gasteiger partial charge in [-0.1, -0.05) is 24.0 Å². The molecule has 1 unspecified atom stereocenters. The van der Waals surface area contributed by atoms with E-state index in [9.17, 15) is 4.79 Å². The zero-order chi connectivity index (χ0) is 14.2. The number of hydrogen-bond acceptors (Lipinski definition) is 3. The lowest BCUT2D eigenvalue weighted by molar-refractivity contribution is -0.123. The van der Waals surface area contributed by atoms with Crippen molar-refractivity contribution >= 4 is 5.91 Å². The summed E-state index contributed by atoms with van der Waals surface area (Å²) in [6, 6.07) is 7.62. The number of carbonyl (C=O) groups is 1. The first-order valence-corrected chi connectivity index (χ1v) is 6.85. The van der Waals surface area contributed by atoms with Crippen LogP contribution in [0.2, 0.25) is 0 Å². The monoisotopic (exact) mass is 273 g/mol. The Bertz CT molecular complexity index is 510. The van der Waals surface area contributed by atoms with E-state index in [1.54, 1.807) is 0 Å². The van der Waals surface area contributed by atoms with Crippen LogP contribution in [0.5, 0.6) is 0 Å². The SMILES string of the molecule is O=C(CC1CCCO1)NCc1cccc(C#CCO)c1. The van der Waals surface area contributed by atoms with E-state index in [1.165, 1.54) is 0 Å². The molecule has 0 radical (unpaired) electrons. The van der Waals surface area contributed by atoms with E-state index in [1.807, 2.05) is 24.3 Å². The highest BCUT2D eigenvalue weighted by Crippen LogP contribution is 2.15. The van der Waals surface area contributed by atoms with E-state index < -0.39 is 0 Å². The molecule has 1 atom stereocenters. The lowest BCUT2D eigenvalue weighted by Gasteiger charge is -2.10. The summed E-state index contributed by atoms with van der Waals surface area (Å²) in [5, 5.41) is 11.6. The summed E-state index contributed by atoms with van der Waals surface area (Å²) in [7, 11) is 0. The van der Waals surface area contributed by atoms with E-state index in [2.05, 4.69) is 17.2 Å². The molecule has 20 heavy (non-hydrogen) atoms. The molecule has 0 saturated carbocycles. The Balaban J connectivity index is 1.82. The Labute approximate surface area is 119 Å². The maximum absolute atomic E-state index is 11.8. The Morgan fingerprint density at radius 1 is 1.50 bits per heavy atom. The second-order valence-corrected chi connectivity index (χ2v) is 4.78. The second-order valence-electron chi connectivity index (χ2n) is 4.78. The number of aliphatic hydroxyl groups is 1. The second kappa shape index (κ2) is 7.68. The maximum atomic E-state index is 11.8. The molecule has 0 aliphatic carbocycles. The van der Waals surface area contributed by atoms with E-state index in [-0.39, 0.29) is 18.6 Å². The van der Waals surface area contributed by atoms with Crippen molar-refractivity contribution in [3.05, 3.63) is 35.4 Å². The summed E-state index contributed by atoms with van der Waals surface area (Å²) in [6.45, 7) is 1.10. The molecule has 4 nitrogen and oxygen atoms in total. The lowest BCUT2D eigenvalue weighted by atomic mass is 10.1. The number of amides is 1. The van der Waals surface area contributed by atoms with Crippen molar-refractivity contribution in [2.45, 2.75) is 31.9 Å². The zero-order valence-corrected chi connectivity index (χ0v) is 11.4. The van der Waals surface area contributed by atoms with Crippen molar-refractivity contribution in [3.63, 3.8) is 0 Å². The fraction of sp³-hybridized carbons (Fsp3) is 0.438. The van der Waals surface area contributed by atoms with Crippen LogP contribution in [0, 0.1) is 11.8 Å². The van der Waals surface area contributed by atoms with Crippen molar-refractivity contribution in [1.82, 2.24) is 5.32 Å². The van der Waals surface area contributed by atoms with Crippen molar-refractivity contribution < 1.29 is 14.6 Å². The smallest absolute Gasteiger partial charge is 0.222 e. The topological polar surface area (TPSA) is 58.6 Å². The normalized spacial score (nSPS) is 17.4. The van der Waals surface area contributed by atoms with Gasteiger partial charge in [-0.15, -0.1) is 0 Å². The average molecular weight is 273 g/mol. The summed E-state index contributed by atoms with van der Waals surface area (Å²) in [5.74, 6) is 5.47. The van der Waals surface area contributed by atoms with E-state index in [4.69, 9.17) is 9.84 Å². The third kappa shape index (κ3) is 4.69. The summed E-state index contributed by atoms with van der Waals surface area (Å²) in [5.41, 5.74) is 1.83. The van der Waals surface area contributed by atoms with Gasteiger partial charge in [0.1, 0.15) is 6.61 Å². The Hall–Kier alpha value is -1.83. The van der Waals surface area contributed by atoms with Crippen LogP contribution in [0.4, 0.5) is 0 Å². The van der Waals surface area contributed by atoms with Gasteiger partial charge >= 0.3 is 0 Å². The molecule has 4 heteroatoms. The summed E-state index contributed by atoms with van der Waals surface area (Å²) < 4.78 is 5.44. The summed E-state index contributed by atoms with van der Waals surface area (Å²) in [4.78, 5) is 11.8. The molecule has 1 aromatic carbocycles. The number of hydrogen-bond donors (Lipinski definition) is 2. The molecule has 106 valence electrons. The molecule has 1 aliphatic rings. The van der Waals surface area contributed by atoms with Crippen LogP contribution in [0.1, 0.15) is 30.4 Å². The van der Waals surface area contributed by atoms with Crippen molar-refractivity contribution in [2.75, 3.05) is 13.2 Å². The Morgan fingerprint density at radius 2 is 2.40 bits per heavy atom. The van der Waals surface area contributed by atoms with Gasteiger partial charge in [-0.2, -0.15) is 0 Å². The van der Waals surface area contributed by atoms with E-state index in [0.717, 1.165) is 30.6 Å². The third-order valence-corrected chi connectivity index (χ3v) is 3.17. The highest BCUT2D eigenvalue weighted by molar-refractivity contribution is 5.76. The van der Waals surface area contributed by atoms with Gasteiger partial charge in [0.15, 0.2) is 0 Å². The molecule has 1 fully saturated rings. The number of nitrogens with one attached hydrogen (secondary N) is 1. The van der Waals surface area contributed by atoms with Gasteiger partial charge in [0.25, 0.3) is 0 Å². The number of rotatable bonds is 4. The van der Waals surface area contributed by atoms with Crippen molar-refractivity contribution in [1.29, 1.82) is 0 Å². The van der Waals surface area contributed by atoms with Crippen LogP contribution < -0.4 is 5.32 Å². The molecule has 2 rings (SSSR count). The summed E-state index contributed by atoms with van der Waals surface area (Å²) >= 11 is 0. The number of ether oxygens (including phenoxy) is 1. The minimum Gasteiger partial charge on any atom is -0.384 e. The molecule has 0 aromatic heterocycles. The van der Waals surface area contributed by atoms with E-state index in [0.29, 0.717) is 13.0 Å². The van der Waals surface area contributed by atoms with Gasteiger partial charge in [-0.25, -0.2) is 0 Å². The molecule has 2 N–H and O–H groups in total. The molecule has 0 bridgehead atoms. The first kappa shape index (κ1) is 14.6. The zero-order valence-electron chi connectivity index (χ0n) is 11.4. The predicted molar refractivity (Wildman–Crippen MR) is 75.8 cm³/mol. The molecule has 1 amide bonds. The molecule has 1 saturated heterocycles. The van der Waals surface area contributed by atoms with E-state index >= 15 is 0 Å². The average Bonchev–Trinajstić information content (AvgIpc) is 2.96. The molecule has 1 aromatic rings. The largest absolute Gasteiger partial charge is 0.384 e. The van der Waals surface area contributed by atoms with Gasteiger partial charge < -0.3 is 15.2 Å². The van der Waals surface area contributed by atoms with Crippen LogP contribution in [0.15, 0.2) is 24.3 Å².